The van der Waals surface area contributed by atoms with Gasteiger partial charge in [0, 0.05) is 24.7 Å². The number of phosphoric ester groups is 1. The van der Waals surface area contributed by atoms with E-state index < -0.39 is 62.0 Å². The number of amides is 3. The van der Waals surface area contributed by atoms with Gasteiger partial charge < -0.3 is 30.3 Å². The van der Waals surface area contributed by atoms with Crippen molar-refractivity contribution in [2.24, 2.45) is 23.7 Å². The molecule has 0 saturated carbocycles. The Morgan fingerprint density at radius 1 is 0.676 bits per heavy atom. The number of aryl methyl sites for hydroxylation is 1. The van der Waals surface area contributed by atoms with Gasteiger partial charge in [-0.05, 0) is 84.9 Å². The van der Waals surface area contributed by atoms with E-state index in [1.165, 1.54) is 6.92 Å². The van der Waals surface area contributed by atoms with Crippen LogP contribution in [0.15, 0.2) is 103 Å². The fraction of sp³-hybridized carbons (Fsp3) is 0.472. The average molecular weight is 957 g/mol. The largest absolute Gasteiger partial charge is 0.476 e. The maximum atomic E-state index is 14.0. The first-order valence-corrected chi connectivity index (χ1v) is 25.1. The van der Waals surface area contributed by atoms with Crippen LogP contribution in [0.4, 0.5) is 21.9 Å². The van der Waals surface area contributed by atoms with E-state index in [-0.39, 0.29) is 25.6 Å². The molecule has 0 heterocycles. The Hall–Kier alpha value is -5.53. The van der Waals surface area contributed by atoms with Gasteiger partial charge in [-0.15, -0.1) is 0 Å². The van der Waals surface area contributed by atoms with Gasteiger partial charge in [0.2, 0.25) is 12.2 Å². The molecule has 4 aromatic rings. The van der Waals surface area contributed by atoms with E-state index in [9.17, 15) is 23.7 Å². The van der Waals surface area contributed by atoms with Crippen molar-refractivity contribution in [1.82, 2.24) is 5.32 Å². The quantitative estimate of drug-likeness (QED) is 0.0311. The van der Waals surface area contributed by atoms with Gasteiger partial charge in [-0.2, -0.15) is 0 Å². The molecule has 15 heteroatoms. The molecule has 3 amide bonds. The lowest BCUT2D eigenvalue weighted by Crippen LogP contribution is -2.50. The van der Waals surface area contributed by atoms with Crippen LogP contribution in [0.5, 0.6) is 0 Å². The fourth-order valence-electron chi connectivity index (χ4n) is 7.18. The summed E-state index contributed by atoms with van der Waals surface area (Å²) < 4.78 is 42.7. The van der Waals surface area contributed by atoms with Gasteiger partial charge in [-0.3, -0.25) is 23.2 Å². The number of hydrogen-bond acceptors (Lipinski definition) is 11. The van der Waals surface area contributed by atoms with Crippen LogP contribution in [0.3, 0.4) is 0 Å². The van der Waals surface area contributed by atoms with Crippen molar-refractivity contribution >= 4 is 48.8 Å². The average Bonchev–Trinajstić information content (AvgIpc) is 3.29. The molecule has 4 atom stereocenters. The minimum Gasteiger partial charge on any atom is -0.425 e. The highest BCUT2D eigenvalue weighted by Gasteiger charge is 2.36. The van der Waals surface area contributed by atoms with Gasteiger partial charge in [0.15, 0.2) is 0 Å². The number of urea groups is 1. The summed E-state index contributed by atoms with van der Waals surface area (Å²) in [5, 5.41) is 8.68. The molecule has 4 aromatic carbocycles. The van der Waals surface area contributed by atoms with E-state index in [1.807, 2.05) is 92.7 Å². The standard InChI is InChI=1S/C53H73N4O10P/c1-12-43(44-25-28-47(57(31-35(2)3)32-36(4)5)46(29-44)55-53(61)54-45-26-23-39(10)24-27-45)30-48(58)65-52(38(8)9)66-51(60)49(37(6)7)56-50(59)40(11)67-68(62,63-33-41-19-15-13-16-20-41)64-34-42-21-17-14-18-22-42/h13-29,35-38,40,43,49,52H,12,30-34H2,1-11H3,(H,56,59)(H2,54,55,61)/t40-,43?,49-,52?/m0/s1. The molecule has 0 aliphatic rings. The number of anilines is 3. The second-order valence-electron chi connectivity index (χ2n) is 18.7. The first-order chi connectivity index (χ1) is 32.2. The Bertz CT molecular complexity index is 2200. The third-order valence-corrected chi connectivity index (χ3v) is 12.3. The number of nitrogens with zero attached hydrogens (tertiary/aromatic N) is 1. The molecule has 0 spiro atoms. The van der Waals surface area contributed by atoms with E-state index in [4.69, 9.17) is 23.0 Å². The van der Waals surface area contributed by atoms with Crippen LogP contribution in [0.2, 0.25) is 0 Å². The molecule has 14 nitrogen and oxygen atoms in total. The summed E-state index contributed by atoms with van der Waals surface area (Å²) >= 11 is 0. The molecular formula is C53H73N4O10P. The number of hydrogen-bond donors (Lipinski definition) is 3. The molecule has 68 heavy (non-hydrogen) atoms. The Morgan fingerprint density at radius 3 is 1.74 bits per heavy atom. The number of carbonyl (C=O) groups is 4. The minimum atomic E-state index is -4.34. The van der Waals surface area contributed by atoms with Gasteiger partial charge in [-0.1, -0.05) is 147 Å². The molecule has 0 radical (unpaired) electrons. The summed E-state index contributed by atoms with van der Waals surface area (Å²) in [6.45, 7) is 22.2. The fourth-order valence-corrected chi connectivity index (χ4v) is 8.48. The van der Waals surface area contributed by atoms with E-state index in [2.05, 4.69) is 48.5 Å². The molecule has 0 aliphatic heterocycles. The zero-order valence-electron chi connectivity index (χ0n) is 41.7. The van der Waals surface area contributed by atoms with Crippen molar-refractivity contribution < 1.29 is 46.8 Å². The van der Waals surface area contributed by atoms with E-state index in [0.717, 1.165) is 29.9 Å². The number of benzene rings is 4. The lowest BCUT2D eigenvalue weighted by molar-refractivity contribution is -0.198. The number of phosphoric acid groups is 1. The number of esters is 2. The highest BCUT2D eigenvalue weighted by Crippen LogP contribution is 2.52. The number of nitrogens with one attached hydrogen (secondary N) is 3. The van der Waals surface area contributed by atoms with Gasteiger partial charge >= 0.3 is 25.8 Å². The first-order valence-electron chi connectivity index (χ1n) is 23.6. The second-order valence-corrected chi connectivity index (χ2v) is 20.3. The van der Waals surface area contributed by atoms with Crippen LogP contribution in [-0.2, 0) is 55.2 Å². The number of ether oxygens (including phenoxy) is 2. The van der Waals surface area contributed by atoms with Crippen molar-refractivity contribution in [3.05, 3.63) is 125 Å². The Kier molecular flexibility index (Phi) is 21.8. The summed E-state index contributed by atoms with van der Waals surface area (Å²) in [4.78, 5) is 56.9. The summed E-state index contributed by atoms with van der Waals surface area (Å²) in [6, 6.07) is 30.0. The van der Waals surface area contributed by atoms with Gasteiger partial charge in [0.05, 0.1) is 31.0 Å². The molecule has 3 N–H and O–H groups in total. The zero-order valence-corrected chi connectivity index (χ0v) is 42.5. The summed E-state index contributed by atoms with van der Waals surface area (Å²) in [5.74, 6) is -2.69. The lowest BCUT2D eigenvalue weighted by Gasteiger charge is -2.31. The molecule has 0 aromatic heterocycles. The monoisotopic (exact) mass is 957 g/mol. The predicted octanol–water partition coefficient (Wildman–Crippen LogP) is 11.8. The van der Waals surface area contributed by atoms with Gasteiger partial charge in [-0.25, -0.2) is 14.2 Å². The molecule has 0 aliphatic carbocycles. The maximum Gasteiger partial charge on any atom is 0.476 e. The molecule has 4 rings (SSSR count). The Morgan fingerprint density at radius 2 is 1.24 bits per heavy atom. The SMILES string of the molecule is CCC(CC(=O)OC(OC(=O)[C@@H](NC(=O)[C@H](C)OP(=O)(OCc1ccccc1)OCc1ccccc1)C(C)C)C(C)C)c1ccc(N(CC(C)C)CC(C)C)c(NC(=O)Nc2ccc(C)cc2)c1. The molecule has 0 fully saturated rings. The zero-order chi connectivity index (χ0) is 50.0. The van der Waals surface area contributed by atoms with Crippen molar-refractivity contribution in [3.8, 4) is 0 Å². The Labute approximate surface area is 403 Å². The number of carbonyl (C=O) groups excluding carboxylic acids is 4. The van der Waals surface area contributed by atoms with Crippen LogP contribution in [0.25, 0.3) is 0 Å². The van der Waals surface area contributed by atoms with Crippen LogP contribution < -0.4 is 20.9 Å². The van der Waals surface area contributed by atoms with Crippen LogP contribution in [0.1, 0.15) is 110 Å². The summed E-state index contributed by atoms with van der Waals surface area (Å²) in [7, 11) is -4.34. The summed E-state index contributed by atoms with van der Waals surface area (Å²) in [5.41, 5.74) is 5.47. The first kappa shape index (κ1) is 55.1. The highest BCUT2D eigenvalue weighted by molar-refractivity contribution is 7.48. The third-order valence-electron chi connectivity index (χ3n) is 10.8. The normalized spacial score (nSPS) is 13.5. The van der Waals surface area contributed by atoms with Crippen LogP contribution in [0, 0.1) is 30.6 Å². The lowest BCUT2D eigenvalue weighted by atomic mass is 9.92. The topological polar surface area (TPSA) is 171 Å². The van der Waals surface area contributed by atoms with E-state index in [0.29, 0.717) is 40.8 Å². The predicted molar refractivity (Wildman–Crippen MR) is 268 cm³/mol. The van der Waals surface area contributed by atoms with Crippen molar-refractivity contribution in [2.45, 2.75) is 127 Å². The van der Waals surface area contributed by atoms with Crippen molar-refractivity contribution in [2.75, 3.05) is 28.6 Å². The highest BCUT2D eigenvalue weighted by atomic mass is 31.2. The molecule has 370 valence electrons. The van der Waals surface area contributed by atoms with Crippen LogP contribution in [-0.4, -0.2) is 55.4 Å². The Balaban J connectivity index is 1.46. The number of rotatable bonds is 26. The molecular weight excluding hydrogens is 884 g/mol. The van der Waals surface area contributed by atoms with E-state index in [1.54, 1.807) is 52.0 Å². The van der Waals surface area contributed by atoms with E-state index >= 15 is 0 Å². The smallest absolute Gasteiger partial charge is 0.425 e. The van der Waals surface area contributed by atoms with Crippen molar-refractivity contribution in [3.63, 3.8) is 0 Å². The van der Waals surface area contributed by atoms with Crippen molar-refractivity contribution in [1.29, 1.82) is 0 Å². The molecule has 0 bridgehead atoms. The van der Waals surface area contributed by atoms with Gasteiger partial charge in [0.25, 0.3) is 0 Å². The molecule has 0 saturated heterocycles. The second kappa shape index (κ2) is 26.9. The third kappa shape index (κ3) is 18.2. The molecule has 2 unspecified atom stereocenters. The minimum absolute atomic E-state index is 0.0364. The van der Waals surface area contributed by atoms with Gasteiger partial charge in [0.1, 0.15) is 12.1 Å². The van der Waals surface area contributed by atoms with Crippen LogP contribution >= 0.6 is 7.82 Å². The maximum absolute atomic E-state index is 14.0. The summed E-state index contributed by atoms with van der Waals surface area (Å²) in [6.07, 6.45) is -2.12.